The van der Waals surface area contributed by atoms with Crippen molar-refractivity contribution < 1.29 is 9.84 Å². The number of nitrogens with one attached hydrogen (secondary N) is 1. The molecule has 108 valence electrons. The zero-order valence-corrected chi connectivity index (χ0v) is 13.1. The van der Waals surface area contributed by atoms with Crippen LogP contribution in [0.3, 0.4) is 0 Å². The predicted octanol–water partition coefficient (Wildman–Crippen LogP) is 3.06. The molecule has 0 bridgehead atoms. The van der Waals surface area contributed by atoms with E-state index in [1.165, 1.54) is 5.56 Å². The van der Waals surface area contributed by atoms with Crippen LogP contribution in [0.5, 0.6) is 5.75 Å². The minimum Gasteiger partial charge on any atom is -0.496 e. The van der Waals surface area contributed by atoms with E-state index in [1.54, 1.807) is 18.9 Å². The van der Waals surface area contributed by atoms with Gasteiger partial charge in [0, 0.05) is 18.0 Å². The molecule has 3 nitrogen and oxygen atoms in total. The number of thioether (sulfide) groups is 1. The molecule has 0 fully saturated rings. The maximum Gasteiger partial charge on any atom is 0.132 e. The Morgan fingerprint density at radius 2 is 2.00 bits per heavy atom. The fourth-order valence-corrected chi connectivity index (χ4v) is 2.55. The summed E-state index contributed by atoms with van der Waals surface area (Å²) in [5, 5.41) is 13.5. The highest BCUT2D eigenvalue weighted by Crippen LogP contribution is 2.28. The van der Waals surface area contributed by atoms with Crippen LogP contribution in [0, 0.1) is 0 Å². The summed E-state index contributed by atoms with van der Waals surface area (Å²) in [5.74, 6) is 0.912. The summed E-state index contributed by atoms with van der Waals surface area (Å²) < 4.78 is 5.30. The molecular weight excluding hydrogens is 258 g/mol. The van der Waals surface area contributed by atoms with E-state index in [0.717, 1.165) is 30.0 Å². The summed E-state index contributed by atoms with van der Waals surface area (Å²) in [6.07, 6.45) is 3.59. The first-order valence-corrected chi connectivity index (χ1v) is 7.95. The van der Waals surface area contributed by atoms with E-state index >= 15 is 0 Å². The Morgan fingerprint density at radius 3 is 2.53 bits per heavy atom. The van der Waals surface area contributed by atoms with Gasteiger partial charge in [-0.15, -0.1) is 11.8 Å². The van der Waals surface area contributed by atoms with Crippen molar-refractivity contribution >= 4 is 11.8 Å². The highest BCUT2D eigenvalue weighted by atomic mass is 32.2. The second kappa shape index (κ2) is 7.78. The molecule has 0 saturated carbocycles. The average Bonchev–Trinajstić information content (AvgIpc) is 2.46. The highest BCUT2D eigenvalue weighted by molar-refractivity contribution is 7.98. The van der Waals surface area contributed by atoms with Crippen LogP contribution in [0.25, 0.3) is 0 Å². The molecule has 0 aliphatic rings. The van der Waals surface area contributed by atoms with Crippen LogP contribution in [0.1, 0.15) is 32.3 Å². The Bertz CT molecular complexity index is 392. The van der Waals surface area contributed by atoms with E-state index in [2.05, 4.69) is 17.4 Å². The maximum absolute atomic E-state index is 10.2. The summed E-state index contributed by atoms with van der Waals surface area (Å²) >= 11 is 1.68. The number of hydrogen-bond donors (Lipinski definition) is 2. The van der Waals surface area contributed by atoms with E-state index in [1.807, 2.05) is 26.2 Å². The molecule has 0 aromatic heterocycles. The van der Waals surface area contributed by atoms with Gasteiger partial charge in [0.15, 0.2) is 0 Å². The molecular formula is C15H25NO2S. The van der Waals surface area contributed by atoms with E-state index in [9.17, 15) is 5.11 Å². The van der Waals surface area contributed by atoms with E-state index in [0.29, 0.717) is 6.54 Å². The quantitative estimate of drug-likeness (QED) is 0.720. The lowest BCUT2D eigenvalue weighted by atomic mass is 9.97. The molecule has 1 rings (SSSR count). The fraction of sp³-hybridized carbons (Fsp3) is 0.600. The molecule has 0 spiro atoms. The van der Waals surface area contributed by atoms with Crippen LogP contribution >= 0.6 is 11.8 Å². The molecule has 0 unspecified atom stereocenters. The Labute approximate surface area is 120 Å². The fourth-order valence-electron chi connectivity index (χ4n) is 1.93. The molecule has 19 heavy (non-hydrogen) atoms. The molecule has 2 N–H and O–H groups in total. The van der Waals surface area contributed by atoms with Gasteiger partial charge in [0.2, 0.25) is 0 Å². The Kier molecular flexibility index (Phi) is 6.69. The lowest BCUT2D eigenvalue weighted by Gasteiger charge is -2.25. The van der Waals surface area contributed by atoms with Gasteiger partial charge in [0.05, 0.1) is 12.7 Å². The van der Waals surface area contributed by atoms with Crippen molar-refractivity contribution in [1.82, 2.24) is 5.32 Å². The SMILES string of the molecule is CCC(O)(CC)CNCc1ccc(OC)c(SC)c1. The van der Waals surface area contributed by atoms with E-state index in [4.69, 9.17) is 4.74 Å². The standard InChI is InChI=1S/C15H25NO2S/c1-5-15(17,6-2)11-16-10-12-7-8-13(18-3)14(9-12)19-4/h7-9,16-17H,5-6,10-11H2,1-4H3. The van der Waals surface area contributed by atoms with Crippen molar-refractivity contribution in [3.05, 3.63) is 23.8 Å². The number of methoxy groups -OCH3 is 1. The number of aliphatic hydroxyl groups is 1. The zero-order chi connectivity index (χ0) is 14.3. The van der Waals surface area contributed by atoms with Gasteiger partial charge in [-0.1, -0.05) is 19.9 Å². The van der Waals surface area contributed by atoms with Crippen LogP contribution < -0.4 is 10.1 Å². The first kappa shape index (κ1) is 16.3. The van der Waals surface area contributed by atoms with Gasteiger partial charge < -0.3 is 15.2 Å². The van der Waals surface area contributed by atoms with E-state index < -0.39 is 5.60 Å². The zero-order valence-electron chi connectivity index (χ0n) is 12.3. The molecule has 0 radical (unpaired) electrons. The number of rotatable bonds is 8. The summed E-state index contributed by atoms with van der Waals surface area (Å²) in [6.45, 7) is 5.43. The van der Waals surface area contributed by atoms with Crippen molar-refractivity contribution in [2.75, 3.05) is 19.9 Å². The first-order valence-electron chi connectivity index (χ1n) is 6.72. The lowest BCUT2D eigenvalue weighted by molar-refractivity contribution is 0.0323. The van der Waals surface area contributed by atoms with Crippen LogP contribution in [0.15, 0.2) is 23.1 Å². The minimum absolute atomic E-state index is 0.588. The topological polar surface area (TPSA) is 41.5 Å². The Hall–Kier alpha value is -0.710. The van der Waals surface area contributed by atoms with Crippen LogP contribution in [-0.4, -0.2) is 30.6 Å². The average molecular weight is 283 g/mol. The Balaban J connectivity index is 2.59. The van der Waals surface area contributed by atoms with Crippen molar-refractivity contribution in [1.29, 1.82) is 0 Å². The van der Waals surface area contributed by atoms with Crippen LogP contribution in [-0.2, 0) is 6.54 Å². The third-order valence-corrected chi connectivity index (χ3v) is 4.31. The van der Waals surface area contributed by atoms with E-state index in [-0.39, 0.29) is 0 Å². The monoisotopic (exact) mass is 283 g/mol. The van der Waals surface area contributed by atoms with Gasteiger partial charge in [-0.25, -0.2) is 0 Å². The molecule has 0 atom stereocenters. The molecule has 0 aliphatic carbocycles. The van der Waals surface area contributed by atoms with Crippen molar-refractivity contribution in [3.63, 3.8) is 0 Å². The molecule has 1 aromatic rings. The van der Waals surface area contributed by atoms with Gasteiger partial charge >= 0.3 is 0 Å². The first-order chi connectivity index (χ1) is 9.08. The number of ether oxygens (including phenoxy) is 1. The van der Waals surface area contributed by atoms with Gasteiger partial charge in [-0.2, -0.15) is 0 Å². The third-order valence-electron chi connectivity index (χ3n) is 3.55. The molecule has 0 aliphatic heterocycles. The normalized spacial score (nSPS) is 11.6. The smallest absolute Gasteiger partial charge is 0.132 e. The predicted molar refractivity (Wildman–Crippen MR) is 82.0 cm³/mol. The minimum atomic E-state index is -0.588. The lowest BCUT2D eigenvalue weighted by Crippen LogP contribution is -2.39. The van der Waals surface area contributed by atoms with Crippen molar-refractivity contribution in [2.24, 2.45) is 0 Å². The van der Waals surface area contributed by atoms with Gasteiger partial charge in [0.25, 0.3) is 0 Å². The highest BCUT2D eigenvalue weighted by Gasteiger charge is 2.21. The molecule has 0 saturated heterocycles. The van der Waals surface area contributed by atoms with Gasteiger partial charge in [-0.05, 0) is 36.8 Å². The molecule has 0 amide bonds. The second-order valence-corrected chi connectivity index (χ2v) is 5.57. The number of benzene rings is 1. The molecule has 4 heteroatoms. The summed E-state index contributed by atoms with van der Waals surface area (Å²) in [7, 11) is 1.69. The van der Waals surface area contributed by atoms with Crippen molar-refractivity contribution in [3.8, 4) is 5.75 Å². The van der Waals surface area contributed by atoms with Crippen LogP contribution in [0.2, 0.25) is 0 Å². The maximum atomic E-state index is 10.2. The summed E-state index contributed by atoms with van der Waals surface area (Å²) in [5.41, 5.74) is 0.620. The van der Waals surface area contributed by atoms with Gasteiger partial charge in [0.1, 0.15) is 5.75 Å². The summed E-state index contributed by atoms with van der Waals surface area (Å²) in [4.78, 5) is 1.14. The molecule has 0 heterocycles. The third kappa shape index (κ3) is 4.71. The molecule has 1 aromatic carbocycles. The van der Waals surface area contributed by atoms with Crippen molar-refractivity contribution in [2.45, 2.75) is 43.7 Å². The second-order valence-electron chi connectivity index (χ2n) is 4.72. The number of hydrogen-bond acceptors (Lipinski definition) is 4. The summed E-state index contributed by atoms with van der Waals surface area (Å²) in [6, 6.07) is 6.19. The Morgan fingerprint density at radius 1 is 1.32 bits per heavy atom. The van der Waals surface area contributed by atoms with Crippen LogP contribution in [0.4, 0.5) is 0 Å². The largest absolute Gasteiger partial charge is 0.496 e. The van der Waals surface area contributed by atoms with Gasteiger partial charge in [-0.3, -0.25) is 0 Å².